The molecule has 2 nitrogen and oxygen atoms in total. The van der Waals surface area contributed by atoms with Crippen LogP contribution in [0.5, 0.6) is 0 Å². The van der Waals surface area contributed by atoms with Gasteiger partial charge in [-0.3, -0.25) is 0 Å². The molecule has 0 spiro atoms. The maximum atomic E-state index is 3.25. The Labute approximate surface area is 217 Å². The number of likely N-dealkylation sites (tertiary alicyclic amines) is 1. The fourth-order valence-electron chi connectivity index (χ4n) is 3.84. The first-order valence-corrected chi connectivity index (χ1v) is 13.3. The Morgan fingerprint density at radius 3 is 2.00 bits per heavy atom. The van der Waals surface area contributed by atoms with Crippen LogP contribution in [-0.2, 0) is 13.0 Å². The first-order valence-electron chi connectivity index (χ1n) is 13.3. The molecular formula is C33H52N2. The highest BCUT2D eigenvalue weighted by molar-refractivity contribution is 5.83. The van der Waals surface area contributed by atoms with Crippen molar-refractivity contribution in [2.45, 2.75) is 88.1 Å². The van der Waals surface area contributed by atoms with Crippen LogP contribution >= 0.6 is 0 Å². The minimum atomic E-state index is 0. The van der Waals surface area contributed by atoms with Crippen molar-refractivity contribution < 1.29 is 0 Å². The molecule has 2 heteroatoms. The fraction of sp³-hybridized carbons (Fsp3) is 0.515. The number of aryl methyl sites for hydroxylation is 3. The number of nitrogens with zero attached hydrogens (tertiary/aromatic N) is 2. The summed E-state index contributed by atoms with van der Waals surface area (Å²) in [5.41, 5.74) is 5.14. The largest absolute Gasteiger partial charge is 0.334 e. The Bertz CT molecular complexity index is 970. The van der Waals surface area contributed by atoms with Crippen LogP contribution in [-0.4, -0.2) is 29.6 Å². The second-order valence-corrected chi connectivity index (χ2v) is 8.82. The van der Waals surface area contributed by atoms with Crippen LogP contribution in [0.15, 0.2) is 54.6 Å². The lowest BCUT2D eigenvalue weighted by atomic mass is 10.00. The molecule has 0 unspecified atom stereocenters. The van der Waals surface area contributed by atoms with Crippen LogP contribution in [0.25, 0.3) is 10.9 Å². The molecule has 1 saturated heterocycles. The van der Waals surface area contributed by atoms with Crippen LogP contribution in [0, 0.1) is 24.7 Å². The monoisotopic (exact) mass is 476 g/mol. The summed E-state index contributed by atoms with van der Waals surface area (Å²) in [5, 5.41) is 1.31. The zero-order chi connectivity index (χ0) is 25.3. The van der Waals surface area contributed by atoms with Crippen molar-refractivity contribution in [3.63, 3.8) is 0 Å². The van der Waals surface area contributed by atoms with Gasteiger partial charge in [-0.25, -0.2) is 0 Å². The molecule has 3 aromatic rings. The van der Waals surface area contributed by atoms with Crippen LogP contribution in [0.2, 0.25) is 0 Å². The quantitative estimate of drug-likeness (QED) is 0.335. The van der Waals surface area contributed by atoms with Gasteiger partial charge in [-0.05, 0) is 88.8 Å². The lowest BCUT2D eigenvalue weighted by molar-refractivity contribution is 0.230. The van der Waals surface area contributed by atoms with Crippen molar-refractivity contribution in [2.75, 3.05) is 20.1 Å². The Hall–Kier alpha value is -2.50. The summed E-state index contributed by atoms with van der Waals surface area (Å²) in [5.74, 6) is 7.39. The summed E-state index contributed by atoms with van der Waals surface area (Å²) in [4.78, 5) is 2.40. The van der Waals surface area contributed by atoms with Crippen LogP contribution < -0.4 is 0 Å². The normalized spacial score (nSPS) is 12.9. The smallest absolute Gasteiger partial charge is 0.0930 e. The molecular weight excluding hydrogens is 424 g/mol. The van der Waals surface area contributed by atoms with Crippen LogP contribution in [0.3, 0.4) is 0 Å². The molecule has 194 valence electrons. The molecule has 1 fully saturated rings. The van der Waals surface area contributed by atoms with E-state index in [1.807, 2.05) is 32.0 Å². The van der Waals surface area contributed by atoms with Crippen LogP contribution in [0.1, 0.15) is 85.1 Å². The van der Waals surface area contributed by atoms with E-state index in [9.17, 15) is 0 Å². The summed E-state index contributed by atoms with van der Waals surface area (Å²) in [6, 6.07) is 19.2. The van der Waals surface area contributed by atoms with Gasteiger partial charge in [0, 0.05) is 23.9 Å². The minimum absolute atomic E-state index is 0. The molecule has 1 aromatic heterocycles. The topological polar surface area (TPSA) is 8.17 Å². The van der Waals surface area contributed by atoms with Crippen molar-refractivity contribution in [1.82, 2.24) is 9.47 Å². The summed E-state index contributed by atoms with van der Waals surface area (Å²) in [6.07, 6.45) is 4.79. The van der Waals surface area contributed by atoms with Gasteiger partial charge in [-0.2, -0.15) is 0 Å². The number of piperidine rings is 1. The number of hydrogen-bond acceptors (Lipinski definition) is 1. The molecule has 4 rings (SSSR count). The van der Waals surface area contributed by atoms with E-state index in [1.165, 1.54) is 48.0 Å². The predicted molar refractivity (Wildman–Crippen MR) is 159 cm³/mol. The predicted octanol–water partition coefficient (Wildman–Crippen LogP) is 8.99. The van der Waals surface area contributed by atoms with E-state index < -0.39 is 0 Å². The van der Waals surface area contributed by atoms with Crippen molar-refractivity contribution in [2.24, 2.45) is 5.92 Å². The van der Waals surface area contributed by atoms with E-state index in [1.54, 1.807) is 0 Å². The summed E-state index contributed by atoms with van der Waals surface area (Å²) in [6.45, 7) is 18.5. The zero-order valence-corrected chi connectivity index (χ0v) is 23.1. The van der Waals surface area contributed by atoms with E-state index in [0.717, 1.165) is 31.0 Å². The molecule has 1 aliphatic heterocycles. The van der Waals surface area contributed by atoms with Gasteiger partial charge >= 0.3 is 0 Å². The van der Waals surface area contributed by atoms with Crippen molar-refractivity contribution in [1.29, 1.82) is 0 Å². The Balaban J connectivity index is 0.000000536. The SMILES string of the molecule is C.CC.CC1CCN(C)CC1.CCC#Cc1cc2cc(CC)ccc2n1CC.Cc1ccccc1. The molecule has 35 heavy (non-hydrogen) atoms. The summed E-state index contributed by atoms with van der Waals surface area (Å²) >= 11 is 0. The average Bonchev–Trinajstić information content (AvgIpc) is 3.23. The molecule has 1 aliphatic rings. The second-order valence-electron chi connectivity index (χ2n) is 8.82. The molecule has 0 atom stereocenters. The van der Waals surface area contributed by atoms with E-state index in [2.05, 4.69) is 99.4 Å². The Kier molecular flexibility index (Phi) is 17.4. The van der Waals surface area contributed by atoms with E-state index >= 15 is 0 Å². The van der Waals surface area contributed by atoms with Gasteiger partial charge in [0.15, 0.2) is 0 Å². The minimum Gasteiger partial charge on any atom is -0.334 e. The van der Waals surface area contributed by atoms with Crippen molar-refractivity contribution in [3.8, 4) is 11.8 Å². The number of hydrogen-bond donors (Lipinski definition) is 0. The van der Waals surface area contributed by atoms with Gasteiger partial charge < -0.3 is 9.47 Å². The van der Waals surface area contributed by atoms with E-state index in [4.69, 9.17) is 0 Å². The lowest BCUT2D eigenvalue weighted by Gasteiger charge is -2.26. The third-order valence-electron chi connectivity index (χ3n) is 6.03. The highest BCUT2D eigenvalue weighted by Crippen LogP contribution is 2.21. The Morgan fingerprint density at radius 2 is 1.54 bits per heavy atom. The van der Waals surface area contributed by atoms with Crippen molar-refractivity contribution >= 4 is 10.9 Å². The molecule has 0 aliphatic carbocycles. The summed E-state index contributed by atoms with van der Waals surface area (Å²) in [7, 11) is 2.20. The van der Waals surface area contributed by atoms with Crippen LogP contribution in [0.4, 0.5) is 0 Å². The van der Waals surface area contributed by atoms with Gasteiger partial charge in [0.05, 0.1) is 5.69 Å². The number of rotatable bonds is 2. The highest BCUT2D eigenvalue weighted by atomic mass is 15.1. The summed E-state index contributed by atoms with van der Waals surface area (Å²) < 4.78 is 2.29. The van der Waals surface area contributed by atoms with Crippen molar-refractivity contribution in [3.05, 3.63) is 71.4 Å². The van der Waals surface area contributed by atoms with Gasteiger partial charge in [0.25, 0.3) is 0 Å². The molecule has 0 N–H and O–H groups in total. The number of benzene rings is 2. The first kappa shape index (κ1) is 32.5. The van der Waals surface area contributed by atoms with E-state index in [-0.39, 0.29) is 7.43 Å². The highest BCUT2D eigenvalue weighted by Gasteiger charge is 2.10. The number of fused-ring (bicyclic) bond motifs is 1. The van der Waals surface area contributed by atoms with Gasteiger partial charge in [-0.15, -0.1) is 0 Å². The fourth-order valence-corrected chi connectivity index (χ4v) is 3.84. The van der Waals surface area contributed by atoms with Gasteiger partial charge in [0.2, 0.25) is 0 Å². The number of aromatic nitrogens is 1. The standard InChI is InChI=1S/C16H19N.C7H15N.C7H8.C2H6.CH4/c1-4-7-8-15-12-14-11-13(5-2)9-10-16(14)17(15)6-3;1-7-3-5-8(2)6-4-7;1-7-5-3-2-4-6-7;1-2;/h9-12H,4-6H2,1-3H3;7H,3-6H2,1-2H3;2-6H,1H3;1-2H3;1H4. The molecule has 0 amide bonds. The zero-order valence-electron chi connectivity index (χ0n) is 23.1. The van der Waals surface area contributed by atoms with Gasteiger partial charge in [-0.1, -0.05) is 89.9 Å². The lowest BCUT2D eigenvalue weighted by Crippen LogP contribution is -2.28. The molecule has 2 heterocycles. The molecule has 0 bridgehead atoms. The molecule has 0 radical (unpaired) electrons. The third-order valence-corrected chi connectivity index (χ3v) is 6.03. The molecule has 0 saturated carbocycles. The molecule has 2 aromatic carbocycles. The Morgan fingerprint density at radius 1 is 0.914 bits per heavy atom. The third kappa shape index (κ3) is 11.7. The van der Waals surface area contributed by atoms with Gasteiger partial charge in [0.1, 0.15) is 0 Å². The average molecular weight is 477 g/mol. The maximum Gasteiger partial charge on any atom is 0.0930 e. The first-order chi connectivity index (χ1) is 16.5. The maximum absolute atomic E-state index is 3.25. The van der Waals surface area contributed by atoms with E-state index in [0.29, 0.717) is 0 Å². The second kappa shape index (κ2) is 18.8.